The standard InChI is InChI=1S/C15H32N2O/c1-15(2,3)16-10-14(18)12-17(4)11-13-8-6-5-7-9-13/h13-14,16,18H,5-12H2,1-4H3. The molecule has 0 heterocycles. The van der Waals surface area contributed by atoms with Gasteiger partial charge < -0.3 is 15.3 Å². The zero-order valence-electron chi connectivity index (χ0n) is 12.7. The van der Waals surface area contributed by atoms with Crippen molar-refractivity contribution < 1.29 is 5.11 Å². The van der Waals surface area contributed by atoms with Gasteiger partial charge in [-0.25, -0.2) is 0 Å². The second kappa shape index (κ2) is 7.46. The lowest BCUT2D eigenvalue weighted by molar-refractivity contribution is 0.105. The minimum Gasteiger partial charge on any atom is -0.390 e. The van der Waals surface area contributed by atoms with Crippen molar-refractivity contribution in [1.82, 2.24) is 10.2 Å². The summed E-state index contributed by atoms with van der Waals surface area (Å²) in [5.74, 6) is 0.853. The van der Waals surface area contributed by atoms with E-state index in [1.807, 2.05) is 0 Å². The second-order valence-corrected chi connectivity index (χ2v) is 7.01. The number of hydrogen-bond donors (Lipinski definition) is 2. The molecule has 0 amide bonds. The van der Waals surface area contributed by atoms with E-state index < -0.39 is 0 Å². The fourth-order valence-electron chi connectivity index (χ4n) is 2.73. The lowest BCUT2D eigenvalue weighted by atomic mass is 9.89. The smallest absolute Gasteiger partial charge is 0.0791 e. The van der Waals surface area contributed by atoms with E-state index in [1.54, 1.807) is 0 Å². The predicted octanol–water partition coefficient (Wildman–Crippen LogP) is 2.25. The van der Waals surface area contributed by atoms with Crippen molar-refractivity contribution in [2.24, 2.45) is 5.92 Å². The highest BCUT2D eigenvalue weighted by molar-refractivity contribution is 4.75. The maximum atomic E-state index is 10.0. The Balaban J connectivity index is 2.16. The van der Waals surface area contributed by atoms with Crippen LogP contribution in [0.1, 0.15) is 52.9 Å². The van der Waals surface area contributed by atoms with Crippen LogP contribution >= 0.6 is 0 Å². The highest BCUT2D eigenvalue weighted by Crippen LogP contribution is 2.24. The first-order valence-electron chi connectivity index (χ1n) is 7.48. The lowest BCUT2D eigenvalue weighted by Gasteiger charge is -2.29. The van der Waals surface area contributed by atoms with Gasteiger partial charge >= 0.3 is 0 Å². The summed E-state index contributed by atoms with van der Waals surface area (Å²) in [6.45, 7) is 8.99. The molecule has 18 heavy (non-hydrogen) atoms. The Hall–Kier alpha value is -0.120. The van der Waals surface area contributed by atoms with E-state index in [-0.39, 0.29) is 11.6 Å². The molecule has 108 valence electrons. The number of aliphatic hydroxyl groups is 1. The van der Waals surface area contributed by atoms with Gasteiger partial charge in [0.1, 0.15) is 0 Å². The van der Waals surface area contributed by atoms with E-state index in [0.717, 1.165) is 19.0 Å². The largest absolute Gasteiger partial charge is 0.390 e. The first-order chi connectivity index (χ1) is 8.37. The monoisotopic (exact) mass is 256 g/mol. The fraction of sp³-hybridized carbons (Fsp3) is 1.00. The van der Waals surface area contributed by atoms with Gasteiger partial charge in [0.15, 0.2) is 0 Å². The van der Waals surface area contributed by atoms with E-state index in [2.05, 4.69) is 38.0 Å². The molecular formula is C15H32N2O. The Morgan fingerprint density at radius 1 is 1.22 bits per heavy atom. The van der Waals surface area contributed by atoms with Crippen molar-refractivity contribution in [1.29, 1.82) is 0 Å². The molecule has 0 aliphatic heterocycles. The second-order valence-electron chi connectivity index (χ2n) is 7.01. The summed E-state index contributed by atoms with van der Waals surface area (Å²) in [7, 11) is 2.13. The lowest BCUT2D eigenvalue weighted by Crippen LogP contribution is -2.44. The van der Waals surface area contributed by atoms with E-state index >= 15 is 0 Å². The van der Waals surface area contributed by atoms with Gasteiger partial charge in [-0.05, 0) is 46.6 Å². The molecule has 1 aliphatic rings. The fourth-order valence-corrected chi connectivity index (χ4v) is 2.73. The van der Waals surface area contributed by atoms with Crippen LogP contribution in [0.3, 0.4) is 0 Å². The van der Waals surface area contributed by atoms with Crippen LogP contribution in [0.5, 0.6) is 0 Å². The van der Waals surface area contributed by atoms with Gasteiger partial charge in [0.25, 0.3) is 0 Å². The minimum atomic E-state index is -0.266. The van der Waals surface area contributed by atoms with Crippen LogP contribution in [0.25, 0.3) is 0 Å². The molecule has 0 saturated heterocycles. The summed E-state index contributed by atoms with van der Waals surface area (Å²) in [4.78, 5) is 2.30. The third-order valence-corrected chi connectivity index (χ3v) is 3.69. The van der Waals surface area contributed by atoms with Crippen molar-refractivity contribution >= 4 is 0 Å². The summed E-state index contributed by atoms with van der Waals surface area (Å²) >= 11 is 0. The molecule has 0 bridgehead atoms. The molecule has 1 aliphatic carbocycles. The number of likely N-dealkylation sites (N-methyl/N-ethyl adjacent to an activating group) is 1. The first kappa shape index (κ1) is 15.9. The predicted molar refractivity (Wildman–Crippen MR) is 77.8 cm³/mol. The summed E-state index contributed by atoms with van der Waals surface area (Å²) in [6, 6.07) is 0. The molecule has 0 aromatic carbocycles. The Labute approximate surface area is 113 Å². The van der Waals surface area contributed by atoms with Gasteiger partial charge in [0.05, 0.1) is 6.10 Å². The molecular weight excluding hydrogens is 224 g/mol. The molecule has 1 rings (SSSR count). The molecule has 1 unspecified atom stereocenters. The minimum absolute atomic E-state index is 0.0862. The van der Waals surface area contributed by atoms with Crippen molar-refractivity contribution in [2.45, 2.75) is 64.5 Å². The zero-order valence-corrected chi connectivity index (χ0v) is 12.7. The number of β-amino-alcohol motifs (C(OH)–C–C–N with tert-alkyl or cyclic N) is 1. The van der Waals surface area contributed by atoms with Crippen molar-refractivity contribution in [3.8, 4) is 0 Å². The maximum Gasteiger partial charge on any atom is 0.0791 e. The number of aliphatic hydroxyl groups excluding tert-OH is 1. The van der Waals surface area contributed by atoms with Gasteiger partial charge in [-0.2, -0.15) is 0 Å². The van der Waals surface area contributed by atoms with Gasteiger partial charge in [-0.1, -0.05) is 19.3 Å². The van der Waals surface area contributed by atoms with Crippen LogP contribution in [0, 0.1) is 5.92 Å². The van der Waals surface area contributed by atoms with E-state index in [0.29, 0.717) is 6.54 Å². The Morgan fingerprint density at radius 3 is 2.39 bits per heavy atom. The van der Waals surface area contributed by atoms with Gasteiger partial charge in [0.2, 0.25) is 0 Å². The molecule has 1 atom stereocenters. The summed E-state index contributed by atoms with van der Waals surface area (Å²) < 4.78 is 0. The van der Waals surface area contributed by atoms with Crippen LogP contribution in [0.2, 0.25) is 0 Å². The molecule has 1 fully saturated rings. The quantitative estimate of drug-likeness (QED) is 0.765. The third kappa shape index (κ3) is 7.34. The Kier molecular flexibility index (Phi) is 6.61. The van der Waals surface area contributed by atoms with Gasteiger partial charge in [0, 0.05) is 25.2 Å². The number of hydrogen-bond acceptors (Lipinski definition) is 3. The zero-order chi connectivity index (χ0) is 13.6. The van der Waals surface area contributed by atoms with Crippen LogP contribution < -0.4 is 5.32 Å². The summed E-state index contributed by atoms with van der Waals surface area (Å²) in [6.07, 6.45) is 6.69. The Morgan fingerprint density at radius 2 is 1.83 bits per heavy atom. The highest BCUT2D eigenvalue weighted by atomic mass is 16.3. The molecule has 1 saturated carbocycles. The van der Waals surface area contributed by atoms with Gasteiger partial charge in [-0.15, -0.1) is 0 Å². The average molecular weight is 256 g/mol. The van der Waals surface area contributed by atoms with E-state index in [4.69, 9.17) is 0 Å². The highest BCUT2D eigenvalue weighted by Gasteiger charge is 2.18. The molecule has 0 spiro atoms. The molecule has 0 radical (unpaired) electrons. The normalized spacial score (nSPS) is 20.3. The van der Waals surface area contributed by atoms with E-state index in [1.165, 1.54) is 32.1 Å². The molecule has 0 aromatic rings. The molecule has 2 N–H and O–H groups in total. The van der Waals surface area contributed by atoms with Crippen LogP contribution in [-0.4, -0.2) is 48.3 Å². The van der Waals surface area contributed by atoms with Crippen LogP contribution in [0.4, 0.5) is 0 Å². The maximum absolute atomic E-state index is 10.0. The number of nitrogens with zero attached hydrogens (tertiary/aromatic N) is 1. The van der Waals surface area contributed by atoms with Crippen molar-refractivity contribution in [3.05, 3.63) is 0 Å². The molecule has 0 aromatic heterocycles. The van der Waals surface area contributed by atoms with Crippen LogP contribution in [-0.2, 0) is 0 Å². The SMILES string of the molecule is CN(CC(O)CNC(C)(C)C)CC1CCCCC1. The van der Waals surface area contributed by atoms with Crippen LogP contribution in [0.15, 0.2) is 0 Å². The molecule has 3 heteroatoms. The topological polar surface area (TPSA) is 35.5 Å². The average Bonchev–Trinajstić information content (AvgIpc) is 2.26. The first-order valence-corrected chi connectivity index (χ1v) is 7.48. The Bertz CT molecular complexity index is 219. The molecule has 3 nitrogen and oxygen atoms in total. The summed E-state index contributed by atoms with van der Waals surface area (Å²) in [5, 5.41) is 13.4. The van der Waals surface area contributed by atoms with Gasteiger partial charge in [-0.3, -0.25) is 0 Å². The van der Waals surface area contributed by atoms with Crippen molar-refractivity contribution in [2.75, 3.05) is 26.7 Å². The number of nitrogens with one attached hydrogen (secondary N) is 1. The van der Waals surface area contributed by atoms with Crippen molar-refractivity contribution in [3.63, 3.8) is 0 Å². The summed E-state index contributed by atoms with van der Waals surface area (Å²) in [5.41, 5.74) is 0.0862. The number of rotatable bonds is 6. The third-order valence-electron chi connectivity index (χ3n) is 3.69. The van der Waals surface area contributed by atoms with E-state index in [9.17, 15) is 5.11 Å².